The Hall–Kier alpha value is 0.187. The van der Waals surface area contributed by atoms with Crippen LogP contribution in [0.2, 0.25) is 0 Å². The van der Waals surface area contributed by atoms with E-state index in [4.69, 9.17) is 13.3 Å². The molecule has 0 bridgehead atoms. The molecule has 17 heavy (non-hydrogen) atoms. The van der Waals surface area contributed by atoms with E-state index >= 15 is 0 Å². The van der Waals surface area contributed by atoms with Crippen LogP contribution < -0.4 is 0 Å². The molecule has 0 fully saturated rings. The largest absolute Gasteiger partial charge is 0.514 e. The molecular formula is C12H26O3SSi. The van der Waals surface area contributed by atoms with Crippen LogP contribution in [-0.4, -0.2) is 39.3 Å². The lowest BCUT2D eigenvalue weighted by molar-refractivity contribution is 0.0708. The molecule has 0 radical (unpaired) electrons. The molecule has 0 saturated heterocycles. The van der Waals surface area contributed by atoms with Crippen molar-refractivity contribution in [3.8, 4) is 0 Å². The minimum Gasteiger partial charge on any atom is -0.373 e. The van der Waals surface area contributed by atoms with Crippen molar-refractivity contribution in [2.24, 2.45) is 0 Å². The topological polar surface area (TPSA) is 27.7 Å². The van der Waals surface area contributed by atoms with Crippen LogP contribution in [0.15, 0.2) is 12.2 Å². The minimum atomic E-state index is -2.52. The lowest BCUT2D eigenvalue weighted by atomic mass is 10.6. The quantitative estimate of drug-likeness (QED) is 0.453. The van der Waals surface area contributed by atoms with E-state index in [0.29, 0.717) is 19.8 Å². The van der Waals surface area contributed by atoms with Gasteiger partial charge in [0, 0.05) is 25.6 Å². The Labute approximate surface area is 111 Å². The van der Waals surface area contributed by atoms with Gasteiger partial charge in [-0.15, -0.1) is 0 Å². The van der Waals surface area contributed by atoms with E-state index in [1.165, 1.54) is 0 Å². The van der Waals surface area contributed by atoms with Crippen molar-refractivity contribution < 1.29 is 13.3 Å². The Balaban J connectivity index is 4.58. The monoisotopic (exact) mass is 278 g/mol. The average Bonchev–Trinajstić information content (AvgIpc) is 2.30. The first kappa shape index (κ1) is 17.2. The standard InChI is InChI=1S/C12H26O3SSi/c1-6-10-11-16-12(5)17(13-7-2,14-8-3)15-9-4/h6,10,12H,7-9,11H2,1-5H3. The van der Waals surface area contributed by atoms with E-state index in [9.17, 15) is 0 Å². The van der Waals surface area contributed by atoms with Crippen LogP contribution in [0.5, 0.6) is 0 Å². The normalized spacial score (nSPS) is 14.4. The first-order valence-corrected chi connectivity index (χ1v) is 9.16. The fourth-order valence-electron chi connectivity index (χ4n) is 1.48. The molecule has 0 aromatic rings. The van der Waals surface area contributed by atoms with Gasteiger partial charge in [-0.25, -0.2) is 0 Å². The molecule has 0 saturated carbocycles. The van der Waals surface area contributed by atoms with Gasteiger partial charge < -0.3 is 13.3 Å². The highest BCUT2D eigenvalue weighted by molar-refractivity contribution is 8.01. The first-order valence-electron chi connectivity index (χ1n) is 6.31. The van der Waals surface area contributed by atoms with E-state index in [0.717, 1.165) is 5.75 Å². The number of rotatable bonds is 10. The summed E-state index contributed by atoms with van der Waals surface area (Å²) < 4.78 is 17.6. The molecule has 1 unspecified atom stereocenters. The van der Waals surface area contributed by atoms with Crippen molar-refractivity contribution in [3.63, 3.8) is 0 Å². The second-order valence-corrected chi connectivity index (χ2v) is 8.18. The van der Waals surface area contributed by atoms with Gasteiger partial charge in [-0.1, -0.05) is 12.2 Å². The fraction of sp³-hybridized carbons (Fsp3) is 0.833. The van der Waals surface area contributed by atoms with E-state index < -0.39 is 8.80 Å². The smallest absolute Gasteiger partial charge is 0.373 e. The highest BCUT2D eigenvalue weighted by Gasteiger charge is 2.46. The molecule has 0 aliphatic carbocycles. The summed E-state index contributed by atoms with van der Waals surface area (Å²) in [6.07, 6.45) is 4.20. The number of allylic oxidation sites excluding steroid dienone is 1. The van der Waals surface area contributed by atoms with Crippen molar-refractivity contribution in [1.29, 1.82) is 0 Å². The zero-order chi connectivity index (χ0) is 13.1. The Bertz CT molecular complexity index is 195. The molecule has 0 aromatic heterocycles. The highest BCUT2D eigenvalue weighted by atomic mass is 32.2. The van der Waals surface area contributed by atoms with Gasteiger partial charge in [0.05, 0.1) is 4.87 Å². The van der Waals surface area contributed by atoms with Crippen LogP contribution in [0.1, 0.15) is 34.6 Å². The average molecular weight is 278 g/mol. The van der Waals surface area contributed by atoms with E-state index in [1.807, 2.05) is 39.5 Å². The second-order valence-electron chi connectivity index (χ2n) is 3.45. The molecule has 0 N–H and O–H groups in total. The molecule has 0 aliphatic heterocycles. The first-order chi connectivity index (χ1) is 8.16. The third kappa shape index (κ3) is 6.06. The van der Waals surface area contributed by atoms with Gasteiger partial charge in [-0.2, -0.15) is 11.8 Å². The molecule has 3 nitrogen and oxygen atoms in total. The van der Waals surface area contributed by atoms with Crippen LogP contribution >= 0.6 is 11.8 Å². The third-order valence-electron chi connectivity index (χ3n) is 2.21. The Morgan fingerprint density at radius 1 is 1.06 bits per heavy atom. The van der Waals surface area contributed by atoms with Gasteiger partial charge in [-0.05, 0) is 34.6 Å². The molecule has 0 rings (SSSR count). The molecule has 5 heteroatoms. The van der Waals surface area contributed by atoms with Gasteiger partial charge in [-0.3, -0.25) is 0 Å². The number of hydrogen-bond acceptors (Lipinski definition) is 4. The summed E-state index contributed by atoms with van der Waals surface area (Å²) in [5.41, 5.74) is 0. The van der Waals surface area contributed by atoms with Crippen LogP contribution in [0.4, 0.5) is 0 Å². The molecular weight excluding hydrogens is 252 g/mol. The molecule has 0 aliphatic rings. The molecule has 1 atom stereocenters. The van der Waals surface area contributed by atoms with Crippen molar-refractivity contribution >= 4 is 20.6 Å². The Kier molecular flexibility index (Phi) is 10.3. The summed E-state index contributed by atoms with van der Waals surface area (Å²) in [5, 5.41) is 0. The van der Waals surface area contributed by atoms with E-state index in [2.05, 4.69) is 19.1 Å². The lowest BCUT2D eigenvalue weighted by Crippen LogP contribution is -2.54. The second kappa shape index (κ2) is 10.1. The molecule has 0 spiro atoms. The maximum atomic E-state index is 5.85. The summed E-state index contributed by atoms with van der Waals surface area (Å²) in [6.45, 7) is 12.1. The number of thioether (sulfide) groups is 1. The van der Waals surface area contributed by atoms with Gasteiger partial charge in [0.15, 0.2) is 0 Å². The van der Waals surface area contributed by atoms with E-state index in [1.54, 1.807) is 0 Å². The minimum absolute atomic E-state index is 0.263. The summed E-state index contributed by atoms with van der Waals surface area (Å²) in [7, 11) is -2.52. The zero-order valence-corrected chi connectivity index (χ0v) is 13.5. The van der Waals surface area contributed by atoms with Crippen LogP contribution in [-0.2, 0) is 13.3 Å². The van der Waals surface area contributed by atoms with Crippen molar-refractivity contribution in [1.82, 2.24) is 0 Å². The SMILES string of the molecule is CC=CCSC(C)[Si](OCC)(OCC)OCC. The Morgan fingerprint density at radius 2 is 1.53 bits per heavy atom. The van der Waals surface area contributed by atoms with Crippen molar-refractivity contribution in [2.75, 3.05) is 25.6 Å². The summed E-state index contributed by atoms with van der Waals surface area (Å²) in [4.78, 5) is 0.263. The summed E-state index contributed by atoms with van der Waals surface area (Å²) >= 11 is 1.83. The van der Waals surface area contributed by atoms with Gasteiger partial charge in [0.1, 0.15) is 0 Å². The molecule has 0 amide bonds. The van der Waals surface area contributed by atoms with Crippen LogP contribution in [0, 0.1) is 0 Å². The maximum Gasteiger partial charge on any atom is 0.514 e. The maximum absolute atomic E-state index is 5.85. The lowest BCUT2D eigenvalue weighted by Gasteiger charge is -2.32. The van der Waals surface area contributed by atoms with Gasteiger partial charge >= 0.3 is 8.80 Å². The van der Waals surface area contributed by atoms with Gasteiger partial charge in [0.2, 0.25) is 0 Å². The predicted molar refractivity (Wildman–Crippen MR) is 77.4 cm³/mol. The highest BCUT2D eigenvalue weighted by Crippen LogP contribution is 2.25. The predicted octanol–water partition coefficient (Wildman–Crippen LogP) is 3.27. The summed E-state index contributed by atoms with van der Waals surface area (Å²) in [5.74, 6) is 0.972. The zero-order valence-electron chi connectivity index (χ0n) is 11.7. The Morgan fingerprint density at radius 3 is 1.88 bits per heavy atom. The van der Waals surface area contributed by atoms with Crippen molar-refractivity contribution in [2.45, 2.75) is 39.5 Å². The molecule has 102 valence electrons. The fourth-order valence-corrected chi connectivity index (χ4v) is 5.95. The summed E-state index contributed by atoms with van der Waals surface area (Å²) in [6, 6.07) is 0. The van der Waals surface area contributed by atoms with Crippen LogP contribution in [0.25, 0.3) is 0 Å². The van der Waals surface area contributed by atoms with E-state index in [-0.39, 0.29) is 4.87 Å². The molecule has 0 heterocycles. The number of hydrogen-bond donors (Lipinski definition) is 0. The van der Waals surface area contributed by atoms with Gasteiger partial charge in [0.25, 0.3) is 0 Å². The third-order valence-corrected chi connectivity index (χ3v) is 7.53. The van der Waals surface area contributed by atoms with Crippen molar-refractivity contribution in [3.05, 3.63) is 12.2 Å². The molecule has 0 aromatic carbocycles. The van der Waals surface area contributed by atoms with Crippen LogP contribution in [0.3, 0.4) is 0 Å².